The van der Waals surface area contributed by atoms with Gasteiger partial charge in [0.2, 0.25) is 10.0 Å². The second kappa shape index (κ2) is 9.14. The summed E-state index contributed by atoms with van der Waals surface area (Å²) in [4.78, 5) is 29.2. The van der Waals surface area contributed by atoms with E-state index in [0.29, 0.717) is 18.6 Å². The van der Waals surface area contributed by atoms with Crippen molar-refractivity contribution >= 4 is 21.9 Å². The van der Waals surface area contributed by atoms with Crippen LogP contribution in [0.25, 0.3) is 0 Å². The smallest absolute Gasteiger partial charge is 0.323 e. The third-order valence-electron chi connectivity index (χ3n) is 4.51. The first-order chi connectivity index (χ1) is 12.7. The zero-order valence-corrected chi connectivity index (χ0v) is 16.3. The van der Waals surface area contributed by atoms with Gasteiger partial charge in [0.1, 0.15) is 12.3 Å². The maximum atomic E-state index is 12.8. The minimum Gasteiger partial charge on any atom is -0.480 e. The maximum Gasteiger partial charge on any atom is 0.323 e. The molecule has 0 saturated carbocycles. The third kappa shape index (κ3) is 5.64. The van der Waals surface area contributed by atoms with Gasteiger partial charge in [0.15, 0.2) is 6.10 Å². The molecule has 1 aliphatic heterocycles. The quantitative estimate of drug-likeness (QED) is 0.679. The highest BCUT2D eigenvalue weighted by atomic mass is 32.2. The minimum atomic E-state index is -3.29. The van der Waals surface area contributed by atoms with Crippen molar-refractivity contribution in [1.29, 1.82) is 0 Å². The van der Waals surface area contributed by atoms with E-state index in [2.05, 4.69) is 4.98 Å². The Morgan fingerprint density at radius 3 is 2.59 bits per heavy atom. The van der Waals surface area contributed by atoms with Crippen molar-refractivity contribution < 1.29 is 27.9 Å². The zero-order chi connectivity index (χ0) is 20.0. The Hall–Kier alpha value is -2.20. The van der Waals surface area contributed by atoms with Crippen LogP contribution in [0.3, 0.4) is 0 Å². The molecule has 0 radical (unpaired) electrons. The fourth-order valence-corrected chi connectivity index (χ4v) is 4.18. The molecule has 2 rings (SSSR count). The van der Waals surface area contributed by atoms with Crippen LogP contribution in [0.1, 0.15) is 26.7 Å². The van der Waals surface area contributed by atoms with Crippen molar-refractivity contribution in [3.8, 4) is 5.75 Å². The summed E-state index contributed by atoms with van der Waals surface area (Å²) in [6.07, 6.45) is 2.94. The lowest BCUT2D eigenvalue weighted by atomic mass is 10.0. The number of hydrogen-bond donors (Lipinski definition) is 1. The number of piperidine rings is 1. The zero-order valence-electron chi connectivity index (χ0n) is 15.4. The first-order valence-corrected chi connectivity index (χ1v) is 10.4. The van der Waals surface area contributed by atoms with Gasteiger partial charge in [0, 0.05) is 25.3 Å². The second-order valence-corrected chi connectivity index (χ2v) is 8.60. The first kappa shape index (κ1) is 21.1. The number of aliphatic carboxylic acids is 1. The Balaban J connectivity index is 2.06. The SMILES string of the molecule is CCS(=O)(=O)N1CCC(N(CC(=O)O)C(=O)C(C)Oc2cccnc2)CC1. The molecule has 1 fully saturated rings. The number of pyridine rings is 1. The van der Waals surface area contributed by atoms with Gasteiger partial charge in [-0.1, -0.05) is 0 Å². The highest BCUT2D eigenvalue weighted by Crippen LogP contribution is 2.21. The van der Waals surface area contributed by atoms with Crippen LogP contribution in [0.4, 0.5) is 0 Å². The molecule has 1 unspecified atom stereocenters. The van der Waals surface area contributed by atoms with Crippen molar-refractivity contribution in [2.24, 2.45) is 0 Å². The van der Waals surface area contributed by atoms with E-state index in [1.165, 1.54) is 15.4 Å². The molecular formula is C17H25N3O6S. The second-order valence-electron chi connectivity index (χ2n) is 6.34. The fourth-order valence-electron chi connectivity index (χ4n) is 3.05. The molecule has 2 heterocycles. The largest absolute Gasteiger partial charge is 0.480 e. The van der Waals surface area contributed by atoms with Gasteiger partial charge in [0.05, 0.1) is 11.9 Å². The molecule has 9 nitrogen and oxygen atoms in total. The minimum absolute atomic E-state index is 0.0193. The summed E-state index contributed by atoms with van der Waals surface area (Å²) in [6, 6.07) is 2.98. The summed E-state index contributed by atoms with van der Waals surface area (Å²) in [5.41, 5.74) is 0. The Morgan fingerprint density at radius 1 is 1.41 bits per heavy atom. The van der Waals surface area contributed by atoms with Crippen molar-refractivity contribution in [1.82, 2.24) is 14.2 Å². The van der Waals surface area contributed by atoms with Crippen molar-refractivity contribution in [2.75, 3.05) is 25.4 Å². The molecule has 0 spiro atoms. The van der Waals surface area contributed by atoms with Crippen LogP contribution >= 0.6 is 0 Å². The molecule has 1 aromatic heterocycles. The molecule has 1 atom stereocenters. The van der Waals surface area contributed by atoms with Crippen LogP contribution in [0.5, 0.6) is 5.75 Å². The van der Waals surface area contributed by atoms with E-state index in [-0.39, 0.29) is 24.9 Å². The van der Waals surface area contributed by atoms with E-state index < -0.39 is 34.5 Å². The lowest BCUT2D eigenvalue weighted by Gasteiger charge is -2.38. The molecule has 0 bridgehead atoms. The van der Waals surface area contributed by atoms with E-state index in [1.54, 1.807) is 32.2 Å². The van der Waals surface area contributed by atoms with Gasteiger partial charge in [-0.3, -0.25) is 14.6 Å². The summed E-state index contributed by atoms with van der Waals surface area (Å²) in [7, 11) is -3.29. The normalized spacial score (nSPS) is 17.3. The molecule has 27 heavy (non-hydrogen) atoms. The number of aromatic nitrogens is 1. The van der Waals surface area contributed by atoms with Crippen LogP contribution in [0.2, 0.25) is 0 Å². The van der Waals surface area contributed by atoms with E-state index in [0.717, 1.165) is 0 Å². The standard InChI is InChI=1S/C17H25N3O6S/c1-3-27(24,25)19-9-6-14(7-10-19)20(12-16(21)22)17(23)13(2)26-15-5-4-8-18-11-15/h4-5,8,11,13-14H,3,6-7,9-10,12H2,1-2H3,(H,21,22). The Kier molecular flexibility index (Phi) is 7.14. The molecule has 150 valence electrons. The monoisotopic (exact) mass is 399 g/mol. The Morgan fingerprint density at radius 2 is 2.07 bits per heavy atom. The predicted molar refractivity (Wildman–Crippen MR) is 97.7 cm³/mol. The third-order valence-corrected chi connectivity index (χ3v) is 6.39. The summed E-state index contributed by atoms with van der Waals surface area (Å²) >= 11 is 0. The van der Waals surface area contributed by atoms with E-state index in [1.807, 2.05) is 0 Å². The van der Waals surface area contributed by atoms with Gasteiger partial charge >= 0.3 is 5.97 Å². The highest BCUT2D eigenvalue weighted by molar-refractivity contribution is 7.89. The number of amides is 1. The lowest BCUT2D eigenvalue weighted by Crippen LogP contribution is -2.53. The number of carbonyl (C=O) groups excluding carboxylic acids is 1. The van der Waals surface area contributed by atoms with Crippen LogP contribution < -0.4 is 4.74 Å². The number of carboxylic acid groups (broad SMARTS) is 1. The molecule has 1 aliphatic rings. The number of sulfonamides is 1. The molecule has 10 heteroatoms. The number of carbonyl (C=O) groups is 2. The van der Waals surface area contributed by atoms with Crippen molar-refractivity contribution in [3.05, 3.63) is 24.5 Å². The molecule has 1 amide bonds. The van der Waals surface area contributed by atoms with E-state index in [4.69, 9.17) is 4.74 Å². The van der Waals surface area contributed by atoms with Gasteiger partial charge in [-0.25, -0.2) is 12.7 Å². The predicted octanol–water partition coefficient (Wildman–Crippen LogP) is 0.576. The molecule has 0 aliphatic carbocycles. The van der Waals surface area contributed by atoms with Crippen LogP contribution in [0.15, 0.2) is 24.5 Å². The molecule has 1 N–H and O–H groups in total. The molecule has 0 aromatic carbocycles. The van der Waals surface area contributed by atoms with Crippen molar-refractivity contribution in [3.63, 3.8) is 0 Å². The summed E-state index contributed by atoms with van der Waals surface area (Å²) in [5, 5.41) is 9.20. The first-order valence-electron chi connectivity index (χ1n) is 8.81. The number of ether oxygens (including phenoxy) is 1. The molecule has 1 aromatic rings. The fraction of sp³-hybridized carbons (Fsp3) is 0.588. The van der Waals surface area contributed by atoms with E-state index >= 15 is 0 Å². The van der Waals surface area contributed by atoms with Gasteiger partial charge in [-0.05, 0) is 38.8 Å². The summed E-state index contributed by atoms with van der Waals surface area (Å²) in [5.74, 6) is -1.14. The Bertz CT molecular complexity index is 747. The summed E-state index contributed by atoms with van der Waals surface area (Å²) < 4.78 is 30.9. The van der Waals surface area contributed by atoms with E-state index in [9.17, 15) is 23.1 Å². The van der Waals surface area contributed by atoms with Crippen LogP contribution in [-0.4, -0.2) is 77.1 Å². The number of rotatable bonds is 8. The summed E-state index contributed by atoms with van der Waals surface area (Å²) in [6.45, 7) is 3.22. The lowest BCUT2D eigenvalue weighted by molar-refractivity contribution is -0.150. The van der Waals surface area contributed by atoms with Crippen LogP contribution in [-0.2, 0) is 19.6 Å². The average molecular weight is 399 g/mol. The number of nitrogens with zero attached hydrogens (tertiary/aromatic N) is 3. The Labute approximate surface area is 159 Å². The van der Waals surface area contributed by atoms with Gasteiger partial charge in [0.25, 0.3) is 5.91 Å². The van der Waals surface area contributed by atoms with Crippen LogP contribution in [0, 0.1) is 0 Å². The maximum absolute atomic E-state index is 12.8. The topological polar surface area (TPSA) is 117 Å². The van der Waals surface area contributed by atoms with Gasteiger partial charge in [-0.2, -0.15) is 0 Å². The molecular weight excluding hydrogens is 374 g/mol. The van der Waals surface area contributed by atoms with Gasteiger partial charge < -0.3 is 14.7 Å². The molecule has 1 saturated heterocycles. The van der Waals surface area contributed by atoms with Crippen molar-refractivity contribution in [2.45, 2.75) is 38.8 Å². The highest BCUT2D eigenvalue weighted by Gasteiger charge is 2.34. The van der Waals surface area contributed by atoms with Gasteiger partial charge in [-0.15, -0.1) is 0 Å². The number of carboxylic acids is 1. The average Bonchev–Trinajstić information content (AvgIpc) is 2.66. The number of hydrogen-bond acceptors (Lipinski definition) is 6.